The molecule has 1 fully saturated rings. The molecule has 2 aliphatic carbocycles. The first kappa shape index (κ1) is 15.2. The first-order valence-corrected chi connectivity index (χ1v) is 7.81. The molecule has 3 rings (SSSR count). The number of benzene rings is 1. The van der Waals surface area contributed by atoms with Crippen LogP contribution in [0, 0.1) is 11.2 Å². The molecule has 22 heavy (non-hydrogen) atoms. The van der Waals surface area contributed by atoms with Gasteiger partial charge >= 0.3 is 0 Å². The molecule has 1 aromatic carbocycles. The average Bonchev–Trinajstić information content (AvgIpc) is 2.49. The van der Waals surface area contributed by atoms with Crippen molar-refractivity contribution < 1.29 is 14.3 Å². The number of rotatable bonds is 1. The van der Waals surface area contributed by atoms with Crippen LogP contribution >= 0.6 is 0 Å². The summed E-state index contributed by atoms with van der Waals surface area (Å²) in [7, 11) is 0. The maximum atomic E-state index is 13.0. The number of fused-ring (bicyclic) bond motifs is 1. The molecule has 3 heteroatoms. The Bertz CT molecular complexity index is 669. The minimum absolute atomic E-state index is 0.0610. The molecule has 116 valence electrons. The second kappa shape index (κ2) is 5.47. The van der Waals surface area contributed by atoms with Gasteiger partial charge in [0.25, 0.3) is 0 Å². The Morgan fingerprint density at radius 2 is 2.00 bits per heavy atom. The summed E-state index contributed by atoms with van der Waals surface area (Å²) in [6.45, 7) is 3.92. The molecule has 0 heterocycles. The molecule has 0 spiro atoms. The highest BCUT2D eigenvalue weighted by Gasteiger charge is 2.45. The molecular weight excluding hydrogens is 279 g/mol. The summed E-state index contributed by atoms with van der Waals surface area (Å²) in [6, 6.07) is 6.13. The monoisotopic (exact) mass is 300 g/mol. The topological polar surface area (TPSA) is 37.3 Å². The third-order valence-corrected chi connectivity index (χ3v) is 5.18. The number of Topliss-reactive ketones (excluding diaryl/α,β-unsaturated/α-hetero) is 1. The van der Waals surface area contributed by atoms with E-state index in [1.54, 1.807) is 12.1 Å². The van der Waals surface area contributed by atoms with Gasteiger partial charge in [0.05, 0.1) is 6.10 Å². The highest BCUT2D eigenvalue weighted by molar-refractivity contribution is 6.12. The van der Waals surface area contributed by atoms with Crippen molar-refractivity contribution in [2.75, 3.05) is 0 Å². The Kier molecular flexibility index (Phi) is 3.77. The van der Waals surface area contributed by atoms with Crippen molar-refractivity contribution in [3.63, 3.8) is 0 Å². The van der Waals surface area contributed by atoms with Crippen LogP contribution in [0.3, 0.4) is 0 Å². The van der Waals surface area contributed by atoms with E-state index in [1.165, 1.54) is 12.1 Å². The van der Waals surface area contributed by atoms with Gasteiger partial charge in [-0.3, -0.25) is 4.79 Å². The molecule has 2 aliphatic rings. The molecule has 0 aromatic heterocycles. The van der Waals surface area contributed by atoms with Gasteiger partial charge < -0.3 is 5.11 Å². The minimum atomic E-state index is -0.407. The van der Waals surface area contributed by atoms with Crippen molar-refractivity contribution in [1.82, 2.24) is 0 Å². The van der Waals surface area contributed by atoms with Crippen LogP contribution in [0.25, 0.3) is 6.08 Å². The van der Waals surface area contributed by atoms with E-state index in [-0.39, 0.29) is 17.0 Å². The third-order valence-electron chi connectivity index (χ3n) is 5.18. The smallest absolute Gasteiger partial charge is 0.184 e. The summed E-state index contributed by atoms with van der Waals surface area (Å²) in [6.07, 6.45) is 4.59. The zero-order valence-electron chi connectivity index (χ0n) is 13.0. The molecule has 2 nitrogen and oxygen atoms in total. The normalized spacial score (nSPS) is 30.6. The predicted molar refractivity (Wildman–Crippen MR) is 84.7 cm³/mol. The molecule has 2 atom stereocenters. The molecule has 0 saturated heterocycles. The summed E-state index contributed by atoms with van der Waals surface area (Å²) in [5.41, 5.74) is 3.07. The number of hydrogen-bond donors (Lipinski definition) is 1. The number of carbonyl (C=O) groups excluding carboxylic acids is 1. The Morgan fingerprint density at radius 1 is 1.32 bits per heavy atom. The Hall–Kier alpha value is -1.74. The lowest BCUT2D eigenvalue weighted by Crippen LogP contribution is -2.42. The molecule has 1 aromatic rings. The minimum Gasteiger partial charge on any atom is -0.392 e. The van der Waals surface area contributed by atoms with E-state index in [1.807, 2.05) is 13.0 Å². The largest absolute Gasteiger partial charge is 0.392 e. The van der Waals surface area contributed by atoms with Gasteiger partial charge in [0.1, 0.15) is 5.82 Å². The van der Waals surface area contributed by atoms with E-state index in [0.717, 1.165) is 36.0 Å². The van der Waals surface area contributed by atoms with E-state index in [4.69, 9.17) is 0 Å². The Labute approximate surface area is 130 Å². The first-order valence-electron chi connectivity index (χ1n) is 7.81. The van der Waals surface area contributed by atoms with Crippen LogP contribution in [-0.4, -0.2) is 17.0 Å². The van der Waals surface area contributed by atoms with E-state index in [2.05, 4.69) is 6.92 Å². The van der Waals surface area contributed by atoms with Gasteiger partial charge in [-0.15, -0.1) is 0 Å². The van der Waals surface area contributed by atoms with Gasteiger partial charge in [0.2, 0.25) is 0 Å². The highest BCUT2D eigenvalue weighted by Crippen LogP contribution is 2.50. The standard InChI is InChI=1S/C19H21FO2/c1-12-16-4-3-5-17(21)19(16,2)11-14(18(12)22)10-13-6-8-15(20)9-7-13/h6-10,17,21H,3-5,11H2,1-2H3/b14-10+/t17-,19-/m0/s1. The zero-order valence-corrected chi connectivity index (χ0v) is 13.0. The third kappa shape index (κ3) is 2.44. The van der Waals surface area contributed by atoms with Crippen LogP contribution in [0.1, 0.15) is 45.1 Å². The van der Waals surface area contributed by atoms with Crippen LogP contribution in [-0.2, 0) is 4.79 Å². The molecule has 1 N–H and O–H groups in total. The molecule has 0 amide bonds. The van der Waals surface area contributed by atoms with Crippen molar-refractivity contribution in [1.29, 1.82) is 0 Å². The number of carbonyl (C=O) groups is 1. The number of halogens is 1. The van der Waals surface area contributed by atoms with Crippen molar-refractivity contribution >= 4 is 11.9 Å². The van der Waals surface area contributed by atoms with Gasteiger partial charge in [-0.2, -0.15) is 0 Å². The fraction of sp³-hybridized carbons (Fsp3) is 0.421. The van der Waals surface area contributed by atoms with Crippen molar-refractivity contribution in [3.05, 3.63) is 52.4 Å². The number of hydrogen-bond acceptors (Lipinski definition) is 2. The first-order chi connectivity index (χ1) is 10.4. The van der Waals surface area contributed by atoms with Crippen molar-refractivity contribution in [2.24, 2.45) is 5.41 Å². The lowest BCUT2D eigenvalue weighted by atomic mass is 9.61. The fourth-order valence-corrected chi connectivity index (χ4v) is 3.85. The van der Waals surface area contributed by atoms with Gasteiger partial charge in [-0.25, -0.2) is 4.39 Å². The van der Waals surface area contributed by atoms with Gasteiger partial charge in [-0.1, -0.05) is 24.6 Å². The quantitative estimate of drug-likeness (QED) is 0.794. The fourth-order valence-electron chi connectivity index (χ4n) is 3.85. The van der Waals surface area contributed by atoms with E-state index >= 15 is 0 Å². The summed E-state index contributed by atoms with van der Waals surface area (Å²) < 4.78 is 13.0. The SMILES string of the molecule is CC1=C2CCC[C@H](O)[C@@]2(C)C/C(=C\c2ccc(F)cc2)C1=O. The predicted octanol–water partition coefficient (Wildman–Crippen LogP) is 4.05. The zero-order chi connectivity index (χ0) is 15.9. The molecular formula is C19H21FO2. The highest BCUT2D eigenvalue weighted by atomic mass is 19.1. The number of aliphatic hydroxyl groups excluding tert-OH is 1. The maximum absolute atomic E-state index is 13.0. The Balaban J connectivity index is 2.03. The van der Waals surface area contributed by atoms with Crippen LogP contribution in [0.4, 0.5) is 4.39 Å². The average molecular weight is 300 g/mol. The summed E-state index contributed by atoms with van der Waals surface area (Å²) >= 11 is 0. The number of aliphatic hydroxyl groups is 1. The van der Waals surface area contributed by atoms with E-state index < -0.39 is 6.10 Å². The molecule has 1 saturated carbocycles. The summed E-state index contributed by atoms with van der Waals surface area (Å²) in [5, 5.41) is 10.5. The van der Waals surface area contributed by atoms with E-state index in [9.17, 15) is 14.3 Å². The summed E-state index contributed by atoms with van der Waals surface area (Å²) in [4.78, 5) is 12.6. The molecule has 0 aliphatic heterocycles. The van der Waals surface area contributed by atoms with E-state index in [0.29, 0.717) is 12.0 Å². The lowest BCUT2D eigenvalue weighted by Gasteiger charge is -2.45. The van der Waals surface area contributed by atoms with Gasteiger partial charge in [-0.05, 0) is 62.0 Å². The van der Waals surface area contributed by atoms with Crippen LogP contribution in [0.2, 0.25) is 0 Å². The van der Waals surface area contributed by atoms with Crippen LogP contribution < -0.4 is 0 Å². The number of ketones is 1. The van der Waals surface area contributed by atoms with Crippen molar-refractivity contribution in [2.45, 2.75) is 45.6 Å². The van der Waals surface area contributed by atoms with Crippen LogP contribution in [0.5, 0.6) is 0 Å². The number of allylic oxidation sites excluding steroid dienone is 2. The van der Waals surface area contributed by atoms with Crippen LogP contribution in [0.15, 0.2) is 41.0 Å². The van der Waals surface area contributed by atoms with Gasteiger partial charge in [0, 0.05) is 11.0 Å². The molecule has 0 radical (unpaired) electrons. The molecule has 0 unspecified atom stereocenters. The Morgan fingerprint density at radius 3 is 2.68 bits per heavy atom. The molecule has 0 bridgehead atoms. The second-order valence-electron chi connectivity index (χ2n) is 6.66. The summed E-state index contributed by atoms with van der Waals surface area (Å²) in [5.74, 6) is -0.226. The lowest BCUT2D eigenvalue weighted by molar-refractivity contribution is -0.113. The second-order valence-corrected chi connectivity index (χ2v) is 6.66. The van der Waals surface area contributed by atoms with Gasteiger partial charge in [0.15, 0.2) is 5.78 Å². The maximum Gasteiger partial charge on any atom is 0.184 e. The van der Waals surface area contributed by atoms with Crippen molar-refractivity contribution in [3.8, 4) is 0 Å².